The van der Waals surface area contributed by atoms with Gasteiger partial charge in [0.25, 0.3) is 0 Å². The van der Waals surface area contributed by atoms with Crippen molar-refractivity contribution in [3.8, 4) is 11.5 Å². The monoisotopic (exact) mass is 666 g/mol. The summed E-state index contributed by atoms with van der Waals surface area (Å²) < 4.78 is 13.7. The number of carbonyl (C=O) groups is 1. The Balaban J connectivity index is 0.000000145. The van der Waals surface area contributed by atoms with Crippen LogP contribution >= 0.6 is 15.9 Å². The van der Waals surface area contributed by atoms with E-state index in [4.69, 9.17) is 9.47 Å². The van der Waals surface area contributed by atoms with Gasteiger partial charge in [0.15, 0.2) is 0 Å². The molecule has 4 aromatic rings. The minimum absolute atomic E-state index is 0.368. The van der Waals surface area contributed by atoms with E-state index in [1.165, 1.54) is 114 Å². The van der Waals surface area contributed by atoms with Crippen molar-refractivity contribution in [1.29, 1.82) is 0 Å². The molecule has 3 nitrogen and oxygen atoms in total. The molecule has 0 heterocycles. The van der Waals surface area contributed by atoms with Crippen molar-refractivity contribution in [3.05, 3.63) is 82.8 Å². The van der Waals surface area contributed by atoms with Gasteiger partial charge in [0, 0.05) is 10.0 Å². The second-order valence-corrected chi connectivity index (χ2v) is 15.5. The number of rotatable bonds is 5. The second kappa shape index (κ2) is 13.5. The molecule has 4 aliphatic carbocycles. The summed E-state index contributed by atoms with van der Waals surface area (Å²) in [4.78, 5) is 10.9. The Morgan fingerprint density at radius 2 is 0.956 bits per heavy atom. The van der Waals surface area contributed by atoms with Crippen molar-refractivity contribution in [1.82, 2.24) is 0 Å². The SMILES string of the molecule is Brc1ccc2cc(OC3CCC4(CCCC4)CC3)ccc2c1.O=Cc1ccc2cc(OC3CCC4(CCCC4)CC3)ccc2c1. The summed E-state index contributed by atoms with van der Waals surface area (Å²) in [6.07, 6.45) is 23.5. The lowest BCUT2D eigenvalue weighted by molar-refractivity contribution is 0.0825. The number of aldehydes is 1. The predicted octanol–water partition coefficient (Wildman–Crippen LogP) is 12.0. The summed E-state index contributed by atoms with van der Waals surface area (Å²) in [5, 5.41) is 4.74. The first-order chi connectivity index (χ1) is 22.0. The standard InChI is InChI=1S/C21H24O2.C20H23BrO/c22-15-16-3-4-18-14-20(6-5-17(18)13-16)23-19-7-11-21(12-8-19)9-1-2-10-21;21-17-5-3-16-14-19(6-4-15(16)13-17)22-18-7-11-20(12-8-18)9-1-2-10-20/h3-6,13-15,19H,1-2,7-12H2;3-6,13-14,18H,1-2,7-12H2. The van der Waals surface area contributed by atoms with E-state index in [2.05, 4.69) is 64.5 Å². The zero-order chi connectivity index (χ0) is 30.7. The third kappa shape index (κ3) is 7.27. The fourth-order valence-electron chi connectivity index (χ4n) is 8.93. The normalized spacial score (nSPS) is 22.4. The van der Waals surface area contributed by atoms with Crippen molar-refractivity contribution in [2.75, 3.05) is 0 Å². The second-order valence-electron chi connectivity index (χ2n) is 14.6. The van der Waals surface area contributed by atoms with Crippen molar-refractivity contribution >= 4 is 43.8 Å². The first-order valence-corrected chi connectivity index (χ1v) is 18.3. The van der Waals surface area contributed by atoms with Gasteiger partial charge >= 0.3 is 0 Å². The predicted molar refractivity (Wildman–Crippen MR) is 189 cm³/mol. The van der Waals surface area contributed by atoms with E-state index < -0.39 is 0 Å². The van der Waals surface area contributed by atoms with Crippen LogP contribution in [-0.2, 0) is 0 Å². The molecule has 0 N–H and O–H groups in total. The minimum atomic E-state index is 0.368. The molecule has 0 bridgehead atoms. The first kappa shape index (κ1) is 30.8. The van der Waals surface area contributed by atoms with Crippen LogP contribution in [0.4, 0.5) is 0 Å². The number of halogens is 1. The van der Waals surface area contributed by atoms with Crippen molar-refractivity contribution in [3.63, 3.8) is 0 Å². The Hall–Kier alpha value is -2.85. The summed E-state index contributed by atoms with van der Waals surface area (Å²) in [6, 6.07) is 24.9. The fourth-order valence-corrected chi connectivity index (χ4v) is 9.31. The van der Waals surface area contributed by atoms with Crippen LogP contribution in [0.2, 0.25) is 0 Å². The average Bonchev–Trinajstić information content (AvgIpc) is 3.73. The Morgan fingerprint density at radius 1 is 0.533 bits per heavy atom. The highest BCUT2D eigenvalue weighted by Crippen LogP contribution is 2.50. The molecular weight excluding hydrogens is 620 g/mol. The van der Waals surface area contributed by atoms with Crippen LogP contribution in [0.25, 0.3) is 21.5 Å². The molecule has 8 rings (SSSR count). The molecule has 0 unspecified atom stereocenters. The van der Waals surface area contributed by atoms with E-state index in [1.54, 1.807) is 0 Å². The van der Waals surface area contributed by atoms with Crippen LogP contribution in [-0.4, -0.2) is 18.5 Å². The largest absolute Gasteiger partial charge is 0.490 e. The molecule has 4 aliphatic rings. The quantitative estimate of drug-likeness (QED) is 0.199. The van der Waals surface area contributed by atoms with Crippen LogP contribution in [0.15, 0.2) is 77.3 Å². The van der Waals surface area contributed by atoms with Gasteiger partial charge in [0.1, 0.15) is 17.8 Å². The molecule has 4 fully saturated rings. The number of ether oxygens (including phenoxy) is 2. The maximum absolute atomic E-state index is 10.9. The van der Waals surface area contributed by atoms with Gasteiger partial charge in [-0.2, -0.15) is 0 Å². The molecule has 0 saturated heterocycles. The Bertz CT molecular complexity index is 1610. The highest BCUT2D eigenvalue weighted by Gasteiger charge is 2.39. The van der Waals surface area contributed by atoms with E-state index in [1.807, 2.05) is 24.3 Å². The van der Waals surface area contributed by atoms with Crippen LogP contribution in [0, 0.1) is 10.8 Å². The maximum Gasteiger partial charge on any atom is 0.150 e. The molecule has 0 aromatic heterocycles. The Morgan fingerprint density at radius 3 is 1.44 bits per heavy atom. The number of benzene rings is 4. The lowest BCUT2D eigenvalue weighted by Gasteiger charge is -2.37. The maximum atomic E-state index is 10.9. The Labute approximate surface area is 277 Å². The van der Waals surface area contributed by atoms with Gasteiger partial charge in [-0.3, -0.25) is 4.79 Å². The minimum Gasteiger partial charge on any atom is -0.490 e. The molecule has 236 valence electrons. The van der Waals surface area contributed by atoms with Crippen LogP contribution in [0.1, 0.15) is 113 Å². The van der Waals surface area contributed by atoms with Crippen LogP contribution < -0.4 is 9.47 Å². The zero-order valence-electron chi connectivity index (χ0n) is 26.6. The van der Waals surface area contributed by atoms with Gasteiger partial charge in [-0.1, -0.05) is 71.9 Å². The first-order valence-electron chi connectivity index (χ1n) is 17.5. The van der Waals surface area contributed by atoms with Crippen molar-refractivity contribution in [2.45, 2.75) is 115 Å². The van der Waals surface area contributed by atoms with E-state index in [0.29, 0.717) is 23.0 Å². The third-order valence-electron chi connectivity index (χ3n) is 11.7. The topological polar surface area (TPSA) is 35.5 Å². The molecular formula is C41H47BrO3. The number of hydrogen-bond acceptors (Lipinski definition) is 3. The highest BCUT2D eigenvalue weighted by molar-refractivity contribution is 9.10. The molecule has 4 heteroatoms. The van der Waals surface area contributed by atoms with E-state index in [0.717, 1.165) is 38.6 Å². The van der Waals surface area contributed by atoms with Gasteiger partial charge in [0.05, 0.1) is 12.2 Å². The smallest absolute Gasteiger partial charge is 0.150 e. The molecule has 0 aliphatic heterocycles. The van der Waals surface area contributed by atoms with E-state index in [9.17, 15) is 4.79 Å². The van der Waals surface area contributed by atoms with Gasteiger partial charge in [-0.15, -0.1) is 0 Å². The summed E-state index contributed by atoms with van der Waals surface area (Å²) in [6.45, 7) is 0. The lowest BCUT2D eigenvalue weighted by atomic mass is 9.72. The third-order valence-corrected chi connectivity index (χ3v) is 12.2. The Kier molecular flexibility index (Phi) is 9.22. The van der Waals surface area contributed by atoms with Crippen molar-refractivity contribution in [2.24, 2.45) is 10.8 Å². The molecule has 45 heavy (non-hydrogen) atoms. The molecule has 2 spiro atoms. The summed E-state index contributed by atoms with van der Waals surface area (Å²) in [5.74, 6) is 1.99. The summed E-state index contributed by atoms with van der Waals surface area (Å²) >= 11 is 3.53. The molecule has 0 amide bonds. The van der Waals surface area contributed by atoms with Crippen LogP contribution in [0.3, 0.4) is 0 Å². The molecule has 0 atom stereocenters. The van der Waals surface area contributed by atoms with Gasteiger partial charge in [-0.05, 0) is 152 Å². The van der Waals surface area contributed by atoms with Gasteiger partial charge in [-0.25, -0.2) is 0 Å². The molecule has 4 aromatic carbocycles. The lowest BCUT2D eigenvalue weighted by Crippen LogP contribution is -2.30. The van der Waals surface area contributed by atoms with Gasteiger partial charge in [0.2, 0.25) is 0 Å². The van der Waals surface area contributed by atoms with Crippen molar-refractivity contribution < 1.29 is 14.3 Å². The summed E-state index contributed by atoms with van der Waals surface area (Å²) in [5.41, 5.74) is 2.07. The highest BCUT2D eigenvalue weighted by atomic mass is 79.9. The molecule has 0 radical (unpaired) electrons. The number of carbonyl (C=O) groups excluding carboxylic acids is 1. The average molecular weight is 668 g/mol. The van der Waals surface area contributed by atoms with Gasteiger partial charge < -0.3 is 9.47 Å². The van der Waals surface area contributed by atoms with Crippen LogP contribution in [0.5, 0.6) is 11.5 Å². The number of fused-ring (bicyclic) bond motifs is 2. The fraction of sp³-hybridized carbons (Fsp3) is 0.488. The van der Waals surface area contributed by atoms with E-state index in [-0.39, 0.29) is 0 Å². The number of hydrogen-bond donors (Lipinski definition) is 0. The molecule has 4 saturated carbocycles. The van der Waals surface area contributed by atoms with E-state index >= 15 is 0 Å². The zero-order valence-corrected chi connectivity index (χ0v) is 28.2. The summed E-state index contributed by atoms with van der Waals surface area (Å²) in [7, 11) is 0.